The minimum absolute atomic E-state index is 0.0909. The van der Waals surface area contributed by atoms with Crippen LogP contribution in [0.25, 0.3) is 0 Å². The summed E-state index contributed by atoms with van der Waals surface area (Å²) in [7, 11) is 0. The second-order valence-electron chi connectivity index (χ2n) is 12.6. The summed E-state index contributed by atoms with van der Waals surface area (Å²) in [6, 6.07) is 13.4. The molecule has 0 aliphatic carbocycles. The first-order valence-electron chi connectivity index (χ1n) is 18.0. The normalized spacial score (nSPS) is 10.6. The zero-order chi connectivity index (χ0) is 39.3. The second kappa shape index (κ2) is 23.2. The maximum absolute atomic E-state index is 14.8. The molecule has 0 radical (unpaired) electrons. The summed E-state index contributed by atoms with van der Waals surface area (Å²) in [5, 5.41) is 0. The van der Waals surface area contributed by atoms with Crippen molar-refractivity contribution in [2.45, 2.75) is 78.1 Å². The van der Waals surface area contributed by atoms with Gasteiger partial charge < -0.3 is 28.4 Å². The molecular formula is C42H48F2O10. The Bertz CT molecular complexity index is 1590. The number of carbonyl (C=O) groups excluding carboxylic acids is 4. The van der Waals surface area contributed by atoms with Crippen molar-refractivity contribution in [1.29, 1.82) is 0 Å². The third kappa shape index (κ3) is 15.6. The molecule has 3 aromatic rings. The van der Waals surface area contributed by atoms with Gasteiger partial charge in [0, 0.05) is 23.3 Å². The van der Waals surface area contributed by atoms with Gasteiger partial charge >= 0.3 is 23.9 Å². The van der Waals surface area contributed by atoms with Crippen molar-refractivity contribution in [2.75, 3.05) is 26.4 Å². The van der Waals surface area contributed by atoms with Crippen LogP contribution in [0.15, 0.2) is 85.0 Å². The van der Waals surface area contributed by atoms with Crippen LogP contribution in [0.5, 0.6) is 23.0 Å². The van der Waals surface area contributed by atoms with Crippen molar-refractivity contribution >= 4 is 23.9 Å². The standard InChI is InChI=1S/C42H48F2O10/c1-29(2)39(45)51-25-13-9-5-7-11-23-49-33-19-15-31(16-20-33)41(47)53-37-27-36(44)38(28-35(37)43)54-42(48)32-17-21-34(22-18-32)50-24-12-8-6-10-14-26-52-40(46)30(3)4/h15-22,27-28H,1,3,5-14,23-26H2,2,4H3. The molecule has 0 atom stereocenters. The van der Waals surface area contributed by atoms with Gasteiger partial charge in [-0.1, -0.05) is 51.7 Å². The molecule has 10 nitrogen and oxygen atoms in total. The molecule has 0 amide bonds. The van der Waals surface area contributed by atoms with Gasteiger partial charge in [-0.2, -0.15) is 0 Å². The number of hydrogen-bond donors (Lipinski definition) is 0. The fourth-order valence-corrected chi connectivity index (χ4v) is 4.78. The van der Waals surface area contributed by atoms with Crippen LogP contribution < -0.4 is 18.9 Å². The van der Waals surface area contributed by atoms with Gasteiger partial charge in [-0.15, -0.1) is 0 Å². The molecule has 0 aliphatic rings. The number of carbonyl (C=O) groups is 4. The first-order chi connectivity index (χ1) is 25.9. The van der Waals surface area contributed by atoms with Gasteiger partial charge in [0.2, 0.25) is 0 Å². The van der Waals surface area contributed by atoms with Gasteiger partial charge in [-0.25, -0.2) is 28.0 Å². The molecule has 0 heterocycles. The quantitative estimate of drug-likeness (QED) is 0.0379. The number of ether oxygens (including phenoxy) is 6. The lowest BCUT2D eigenvalue weighted by Gasteiger charge is -2.11. The van der Waals surface area contributed by atoms with Crippen molar-refractivity contribution in [1.82, 2.24) is 0 Å². The van der Waals surface area contributed by atoms with Crippen molar-refractivity contribution in [3.8, 4) is 23.0 Å². The van der Waals surface area contributed by atoms with E-state index in [1.54, 1.807) is 38.1 Å². The summed E-state index contributed by atoms with van der Waals surface area (Å²) >= 11 is 0. The van der Waals surface area contributed by atoms with E-state index in [0.717, 1.165) is 64.2 Å². The van der Waals surface area contributed by atoms with Crippen LogP contribution in [0.3, 0.4) is 0 Å². The van der Waals surface area contributed by atoms with Crippen molar-refractivity contribution in [3.05, 3.63) is 108 Å². The summed E-state index contributed by atoms with van der Waals surface area (Å²) in [6.07, 6.45) is 8.84. The molecular weight excluding hydrogens is 702 g/mol. The monoisotopic (exact) mass is 750 g/mol. The largest absolute Gasteiger partial charge is 0.494 e. The Balaban J connectivity index is 1.35. The number of esters is 4. The molecule has 0 bridgehead atoms. The molecule has 290 valence electrons. The number of unbranched alkanes of at least 4 members (excludes halogenated alkanes) is 8. The van der Waals surface area contributed by atoms with Gasteiger partial charge in [-0.05, 0) is 88.1 Å². The van der Waals surface area contributed by atoms with Crippen LogP contribution in [0.4, 0.5) is 8.78 Å². The summed E-state index contributed by atoms with van der Waals surface area (Å²) in [5.41, 5.74) is 0.949. The highest BCUT2D eigenvalue weighted by molar-refractivity contribution is 5.92. The molecule has 0 spiro atoms. The topological polar surface area (TPSA) is 124 Å². The minimum atomic E-state index is -1.10. The average molecular weight is 751 g/mol. The van der Waals surface area contributed by atoms with E-state index in [-0.39, 0.29) is 23.1 Å². The molecule has 54 heavy (non-hydrogen) atoms. The molecule has 0 saturated heterocycles. The number of benzene rings is 3. The highest BCUT2D eigenvalue weighted by Gasteiger charge is 2.19. The Morgan fingerprint density at radius 2 is 0.815 bits per heavy atom. The Morgan fingerprint density at radius 3 is 1.15 bits per heavy atom. The smallest absolute Gasteiger partial charge is 0.343 e. The van der Waals surface area contributed by atoms with E-state index in [4.69, 9.17) is 28.4 Å². The third-order valence-corrected chi connectivity index (χ3v) is 7.85. The lowest BCUT2D eigenvalue weighted by Crippen LogP contribution is -2.12. The second-order valence-corrected chi connectivity index (χ2v) is 12.6. The summed E-state index contributed by atoms with van der Waals surface area (Å²) in [6.45, 7) is 12.0. The van der Waals surface area contributed by atoms with E-state index < -0.39 is 35.1 Å². The Kier molecular flexibility index (Phi) is 18.4. The highest BCUT2D eigenvalue weighted by Crippen LogP contribution is 2.28. The maximum Gasteiger partial charge on any atom is 0.343 e. The zero-order valence-electron chi connectivity index (χ0n) is 30.9. The van der Waals surface area contributed by atoms with Gasteiger partial charge in [0.05, 0.1) is 37.6 Å². The van der Waals surface area contributed by atoms with Crippen molar-refractivity contribution in [2.24, 2.45) is 0 Å². The molecule has 0 aromatic heterocycles. The Morgan fingerprint density at radius 1 is 0.500 bits per heavy atom. The predicted molar refractivity (Wildman–Crippen MR) is 198 cm³/mol. The van der Waals surface area contributed by atoms with Crippen LogP contribution in [0, 0.1) is 11.6 Å². The molecule has 3 rings (SSSR count). The molecule has 0 N–H and O–H groups in total. The van der Waals surface area contributed by atoms with Crippen LogP contribution in [0.1, 0.15) is 98.8 Å². The third-order valence-electron chi connectivity index (χ3n) is 7.85. The van der Waals surface area contributed by atoms with E-state index in [0.29, 0.717) is 61.2 Å². The van der Waals surface area contributed by atoms with Crippen LogP contribution >= 0.6 is 0 Å². The Labute approximate surface area is 315 Å². The number of halogens is 2. The average Bonchev–Trinajstić information content (AvgIpc) is 3.15. The number of hydrogen-bond acceptors (Lipinski definition) is 10. The molecule has 3 aromatic carbocycles. The van der Waals surface area contributed by atoms with E-state index in [2.05, 4.69) is 13.2 Å². The van der Waals surface area contributed by atoms with Crippen molar-refractivity contribution < 1.29 is 56.4 Å². The molecule has 0 unspecified atom stereocenters. The molecule has 0 fully saturated rings. The van der Waals surface area contributed by atoms with Crippen LogP contribution in [-0.2, 0) is 19.1 Å². The first-order valence-corrected chi connectivity index (χ1v) is 18.0. The summed E-state index contributed by atoms with van der Waals surface area (Å²) < 4.78 is 61.3. The van der Waals surface area contributed by atoms with E-state index in [9.17, 15) is 28.0 Å². The van der Waals surface area contributed by atoms with Crippen molar-refractivity contribution in [3.63, 3.8) is 0 Å². The summed E-state index contributed by atoms with van der Waals surface area (Å²) in [5.74, 6) is -5.07. The fraction of sp³-hybridized carbons (Fsp3) is 0.381. The fourth-order valence-electron chi connectivity index (χ4n) is 4.78. The van der Waals surface area contributed by atoms with Crippen LogP contribution in [0.2, 0.25) is 0 Å². The zero-order valence-corrected chi connectivity index (χ0v) is 30.9. The van der Waals surface area contributed by atoms with Gasteiger partial charge in [0.1, 0.15) is 11.5 Å². The lowest BCUT2D eigenvalue weighted by molar-refractivity contribution is -0.139. The molecule has 12 heteroatoms. The Hall–Kier alpha value is -5.52. The SMILES string of the molecule is C=C(C)C(=O)OCCCCCCCOc1ccc(C(=O)Oc2cc(F)c(OC(=O)c3ccc(OCCCCCCCOC(=O)C(=C)C)cc3)cc2F)cc1. The highest BCUT2D eigenvalue weighted by atomic mass is 19.1. The van der Waals surface area contributed by atoms with E-state index in [1.807, 2.05) is 0 Å². The minimum Gasteiger partial charge on any atom is -0.494 e. The molecule has 0 aliphatic heterocycles. The first kappa shape index (κ1) is 42.9. The predicted octanol–water partition coefficient (Wildman–Crippen LogP) is 9.30. The molecule has 0 saturated carbocycles. The maximum atomic E-state index is 14.8. The lowest BCUT2D eigenvalue weighted by atomic mass is 10.1. The van der Waals surface area contributed by atoms with E-state index >= 15 is 0 Å². The van der Waals surface area contributed by atoms with Gasteiger partial charge in [-0.3, -0.25) is 0 Å². The summed E-state index contributed by atoms with van der Waals surface area (Å²) in [4.78, 5) is 48.0. The van der Waals surface area contributed by atoms with E-state index in [1.165, 1.54) is 24.3 Å². The van der Waals surface area contributed by atoms with Gasteiger partial charge in [0.25, 0.3) is 0 Å². The van der Waals surface area contributed by atoms with Crippen LogP contribution in [-0.4, -0.2) is 50.3 Å². The van der Waals surface area contributed by atoms with Gasteiger partial charge in [0.15, 0.2) is 23.1 Å². The number of rotatable bonds is 24.